The number of fused-ring (bicyclic) bond motifs is 4. The topological polar surface area (TPSA) is 344 Å². The number of hydrogen-bond acceptors (Lipinski definition) is 17. The van der Waals surface area contributed by atoms with E-state index in [1.807, 2.05) is 31.2 Å². The van der Waals surface area contributed by atoms with Crippen molar-refractivity contribution in [3.8, 4) is 11.5 Å². The fraction of sp³-hybridized carbons (Fsp3) is 0.0213. The van der Waals surface area contributed by atoms with Crippen LogP contribution in [-0.4, -0.2) is 62.1 Å². The van der Waals surface area contributed by atoms with Crippen LogP contribution in [0.25, 0.3) is 43.1 Å². The molecular formula is C47H33N7O14S4. The van der Waals surface area contributed by atoms with Gasteiger partial charge in [0.05, 0.1) is 32.5 Å². The molecule has 0 fully saturated rings. The molecule has 0 saturated heterocycles. The second-order valence-corrected chi connectivity index (χ2v) is 21.5. The SMILES string of the molecule is Cc1ccc(Nc2ccc3c(O)c(N=Nc4ccc(N=Nc5ccc(N=Nc6cc(S(=O)(=O)O)c7ccccc7c6O)c6ccc(S(=O)(=O)O)cc56)c5ccc(S(=O)(=O)O)cc45)c(S(=O)(=O)O)cc3c2)cc1. The lowest BCUT2D eigenvalue weighted by atomic mass is 10.1. The van der Waals surface area contributed by atoms with Crippen LogP contribution < -0.4 is 5.32 Å². The second kappa shape index (κ2) is 18.2. The molecule has 9 aromatic rings. The molecule has 0 aliphatic carbocycles. The average Bonchev–Trinajstić information content (AvgIpc) is 3.32. The van der Waals surface area contributed by atoms with Crippen LogP contribution in [-0.2, 0) is 40.5 Å². The minimum atomic E-state index is -5.07. The lowest BCUT2D eigenvalue weighted by Gasteiger charge is -2.12. The van der Waals surface area contributed by atoms with Gasteiger partial charge in [-0.25, -0.2) is 0 Å². The summed E-state index contributed by atoms with van der Waals surface area (Å²) in [4.78, 5) is -2.52. The number of anilines is 2. The summed E-state index contributed by atoms with van der Waals surface area (Å²) in [7, 11) is -19.5. The number of nitrogens with one attached hydrogen (secondary N) is 1. The predicted octanol–water partition coefficient (Wildman–Crippen LogP) is 12.0. The summed E-state index contributed by atoms with van der Waals surface area (Å²) in [6.07, 6.45) is 0. The monoisotopic (exact) mass is 1050 g/mol. The van der Waals surface area contributed by atoms with E-state index in [9.17, 15) is 62.1 Å². The first-order chi connectivity index (χ1) is 33.9. The summed E-state index contributed by atoms with van der Waals surface area (Å²) in [6.45, 7) is 1.92. The maximum atomic E-state index is 12.7. The summed E-state index contributed by atoms with van der Waals surface area (Å²) in [5, 5.41) is 51.2. The number of rotatable bonds is 12. The summed E-state index contributed by atoms with van der Waals surface area (Å²) in [5.74, 6) is -1.14. The molecule has 0 heterocycles. The van der Waals surface area contributed by atoms with Crippen molar-refractivity contribution in [3.63, 3.8) is 0 Å². The number of azo groups is 3. The molecule has 0 radical (unpaired) electrons. The molecule has 21 nitrogen and oxygen atoms in total. The van der Waals surface area contributed by atoms with Crippen molar-refractivity contribution in [2.24, 2.45) is 30.7 Å². The van der Waals surface area contributed by atoms with E-state index in [1.165, 1.54) is 66.7 Å². The second-order valence-electron chi connectivity index (χ2n) is 15.9. The highest BCUT2D eigenvalue weighted by Gasteiger charge is 2.24. The van der Waals surface area contributed by atoms with Crippen LogP contribution in [0.2, 0.25) is 0 Å². The molecule has 364 valence electrons. The van der Waals surface area contributed by atoms with Crippen LogP contribution >= 0.6 is 0 Å². The summed E-state index contributed by atoms with van der Waals surface area (Å²) in [5.41, 5.74) is 1.14. The van der Waals surface area contributed by atoms with Crippen molar-refractivity contribution < 1.29 is 62.1 Å². The van der Waals surface area contributed by atoms with Gasteiger partial charge in [0.1, 0.15) is 21.2 Å². The Morgan fingerprint density at radius 1 is 0.375 bits per heavy atom. The Morgan fingerprint density at radius 2 is 0.833 bits per heavy atom. The Balaban J connectivity index is 1.12. The number of nitrogens with zero attached hydrogens (tertiary/aromatic N) is 6. The van der Waals surface area contributed by atoms with E-state index in [0.717, 1.165) is 47.6 Å². The Hall–Kier alpha value is -8.14. The van der Waals surface area contributed by atoms with Crippen LogP contribution in [0.4, 0.5) is 45.5 Å². The van der Waals surface area contributed by atoms with Crippen molar-refractivity contribution in [3.05, 3.63) is 145 Å². The first kappa shape index (κ1) is 48.9. The molecule has 9 aromatic carbocycles. The number of hydrogen-bond donors (Lipinski definition) is 7. The molecule has 25 heteroatoms. The van der Waals surface area contributed by atoms with E-state index in [4.69, 9.17) is 0 Å². The Bertz CT molecular complexity index is 4340. The highest BCUT2D eigenvalue weighted by Crippen LogP contribution is 2.45. The van der Waals surface area contributed by atoms with E-state index in [1.54, 1.807) is 12.1 Å². The van der Waals surface area contributed by atoms with Crippen molar-refractivity contribution in [2.75, 3.05) is 5.32 Å². The molecule has 72 heavy (non-hydrogen) atoms. The van der Waals surface area contributed by atoms with Gasteiger partial charge in [-0.05, 0) is 103 Å². The zero-order valence-electron chi connectivity index (χ0n) is 36.5. The van der Waals surface area contributed by atoms with E-state index in [0.29, 0.717) is 5.69 Å². The summed E-state index contributed by atoms with van der Waals surface area (Å²) < 4.78 is 139. The van der Waals surface area contributed by atoms with Crippen LogP contribution in [0.1, 0.15) is 5.56 Å². The van der Waals surface area contributed by atoms with Crippen molar-refractivity contribution in [2.45, 2.75) is 26.5 Å². The maximum Gasteiger partial charge on any atom is 0.296 e. The minimum absolute atomic E-state index is 0.0116. The molecule has 0 aliphatic heterocycles. The Labute approximate surface area is 408 Å². The Morgan fingerprint density at radius 3 is 1.35 bits per heavy atom. The molecule has 0 spiro atoms. The highest BCUT2D eigenvalue weighted by molar-refractivity contribution is 7.86. The summed E-state index contributed by atoms with van der Waals surface area (Å²) >= 11 is 0. The molecule has 0 bridgehead atoms. The van der Waals surface area contributed by atoms with Gasteiger partial charge in [-0.3, -0.25) is 18.2 Å². The number of phenolic OH excluding ortho intramolecular Hbond substituents is 2. The maximum absolute atomic E-state index is 12.7. The van der Waals surface area contributed by atoms with E-state index in [2.05, 4.69) is 36.0 Å². The molecule has 0 atom stereocenters. The molecular weight excluding hydrogens is 1010 g/mol. The van der Waals surface area contributed by atoms with E-state index in [-0.39, 0.29) is 71.5 Å². The molecule has 0 amide bonds. The normalized spacial score (nSPS) is 12.9. The average molecular weight is 1050 g/mol. The molecule has 0 aromatic heterocycles. The van der Waals surface area contributed by atoms with Gasteiger partial charge >= 0.3 is 0 Å². The molecule has 0 aliphatic rings. The standard InChI is InChI=1S/C47H33N7O14S4/c1-25-6-8-27(9-7-25)48-28-10-13-31-26(20-28)21-44(72(66,67)68)45(47(31)56)54-52-41-19-17-38(33-15-12-30(23-37(33)41)70(60,61)62)49-51-40-18-16-39(32-14-11-29(22-36(32)40)69(57,58)59)50-53-42-24-43(71(63,64)65)34-4-2-3-5-35(34)46(42)55/h2-24,48,55-56H,1H3,(H,57,58,59)(H,60,61,62)(H,63,64,65)(H,66,67,68). The third-order valence-corrected chi connectivity index (χ3v) is 14.6. The number of aromatic hydroxyl groups is 2. The van der Waals surface area contributed by atoms with Crippen molar-refractivity contribution >= 4 is 129 Å². The Kier molecular flexibility index (Phi) is 12.4. The van der Waals surface area contributed by atoms with E-state index >= 15 is 0 Å². The first-order valence-electron chi connectivity index (χ1n) is 20.6. The lowest BCUT2D eigenvalue weighted by Crippen LogP contribution is -1.99. The van der Waals surface area contributed by atoms with Gasteiger partial charge in [-0.1, -0.05) is 54.1 Å². The largest absolute Gasteiger partial charge is 0.505 e. The number of aryl methyl sites for hydroxylation is 1. The van der Waals surface area contributed by atoms with Gasteiger partial charge < -0.3 is 15.5 Å². The van der Waals surface area contributed by atoms with Crippen LogP contribution in [0.3, 0.4) is 0 Å². The fourth-order valence-corrected chi connectivity index (χ4v) is 10.1. The molecule has 0 unspecified atom stereocenters. The minimum Gasteiger partial charge on any atom is -0.505 e. The van der Waals surface area contributed by atoms with Crippen LogP contribution in [0.5, 0.6) is 11.5 Å². The van der Waals surface area contributed by atoms with Crippen molar-refractivity contribution in [1.29, 1.82) is 0 Å². The predicted molar refractivity (Wildman–Crippen MR) is 265 cm³/mol. The third-order valence-electron chi connectivity index (χ3n) is 11.2. The van der Waals surface area contributed by atoms with Crippen molar-refractivity contribution in [1.82, 2.24) is 0 Å². The van der Waals surface area contributed by atoms with Gasteiger partial charge in [0, 0.05) is 49.1 Å². The number of phenols is 2. The molecule has 7 N–H and O–H groups in total. The van der Waals surface area contributed by atoms with Gasteiger partial charge in [0.25, 0.3) is 40.5 Å². The zero-order valence-corrected chi connectivity index (χ0v) is 39.8. The quantitative estimate of drug-likeness (QED) is 0.0442. The molecule has 0 saturated carbocycles. The number of benzene rings is 9. The lowest BCUT2D eigenvalue weighted by molar-refractivity contribution is 0.472. The smallest absolute Gasteiger partial charge is 0.296 e. The van der Waals surface area contributed by atoms with E-state index < -0.39 is 77.2 Å². The van der Waals surface area contributed by atoms with Crippen LogP contribution in [0.15, 0.2) is 190 Å². The summed E-state index contributed by atoms with van der Waals surface area (Å²) in [6, 6.07) is 32.0. The van der Waals surface area contributed by atoms with Crippen LogP contribution in [0, 0.1) is 6.92 Å². The van der Waals surface area contributed by atoms with Gasteiger partial charge in [0.2, 0.25) is 0 Å². The highest BCUT2D eigenvalue weighted by atomic mass is 32.2. The fourth-order valence-electron chi connectivity index (χ4n) is 7.71. The van der Waals surface area contributed by atoms with Gasteiger partial charge in [-0.15, -0.1) is 30.7 Å². The van der Waals surface area contributed by atoms with Gasteiger partial charge in [0.15, 0.2) is 11.5 Å². The van der Waals surface area contributed by atoms with Gasteiger partial charge in [-0.2, -0.15) is 33.7 Å². The zero-order chi connectivity index (χ0) is 51.5. The third kappa shape index (κ3) is 9.81. The molecule has 9 rings (SSSR count). The first-order valence-corrected chi connectivity index (χ1v) is 26.4.